The van der Waals surface area contributed by atoms with Gasteiger partial charge < -0.3 is 9.72 Å². The number of H-pyrrole nitrogens is 1. The van der Waals surface area contributed by atoms with Gasteiger partial charge >= 0.3 is 0 Å². The molecule has 0 unspecified atom stereocenters. The first-order valence-electron chi connectivity index (χ1n) is 7.36. The standard InChI is InChI=1S/C16H16N4O3S/c1-2-24(21,22)16-8-5-13(19-20-16)10-23-14-6-3-12(4-7-14)15-9-17-11-18-15/h3-9,11H,2,10H2,1H3,(H,17,18). The maximum atomic E-state index is 11.7. The van der Waals surface area contributed by atoms with Crippen molar-refractivity contribution in [1.82, 2.24) is 20.2 Å². The van der Waals surface area contributed by atoms with E-state index in [-0.39, 0.29) is 17.4 Å². The molecule has 0 spiro atoms. The van der Waals surface area contributed by atoms with Crippen LogP contribution in [0.1, 0.15) is 12.6 Å². The van der Waals surface area contributed by atoms with Gasteiger partial charge in [0.2, 0.25) is 0 Å². The van der Waals surface area contributed by atoms with Crippen molar-refractivity contribution >= 4 is 9.84 Å². The fraction of sp³-hybridized carbons (Fsp3) is 0.188. The van der Waals surface area contributed by atoms with Gasteiger partial charge in [-0.15, -0.1) is 5.10 Å². The molecule has 1 aromatic carbocycles. The van der Waals surface area contributed by atoms with Crippen LogP contribution in [0.25, 0.3) is 11.3 Å². The molecule has 2 aromatic heterocycles. The molecule has 7 nitrogen and oxygen atoms in total. The molecule has 8 heteroatoms. The molecule has 0 saturated heterocycles. The molecule has 0 amide bonds. The molecule has 124 valence electrons. The van der Waals surface area contributed by atoms with Crippen LogP contribution in [0.2, 0.25) is 0 Å². The summed E-state index contributed by atoms with van der Waals surface area (Å²) >= 11 is 0. The summed E-state index contributed by atoms with van der Waals surface area (Å²) in [5.74, 6) is 0.682. The number of hydrogen-bond donors (Lipinski definition) is 1. The normalized spacial score (nSPS) is 11.4. The fourth-order valence-corrected chi connectivity index (χ4v) is 2.77. The SMILES string of the molecule is CCS(=O)(=O)c1ccc(COc2ccc(-c3c[nH]cn3)cc2)nn1. The first kappa shape index (κ1) is 16.1. The lowest BCUT2D eigenvalue weighted by molar-refractivity contribution is 0.299. The monoisotopic (exact) mass is 344 g/mol. The van der Waals surface area contributed by atoms with Crippen LogP contribution in [0.5, 0.6) is 5.75 Å². The summed E-state index contributed by atoms with van der Waals surface area (Å²) in [7, 11) is -3.33. The molecule has 0 fully saturated rings. The molecule has 3 rings (SSSR count). The van der Waals surface area contributed by atoms with Gasteiger partial charge in [-0.3, -0.25) is 0 Å². The van der Waals surface area contributed by atoms with E-state index in [1.165, 1.54) is 6.07 Å². The lowest BCUT2D eigenvalue weighted by atomic mass is 10.2. The average Bonchev–Trinajstić information content (AvgIpc) is 3.15. The van der Waals surface area contributed by atoms with Crippen LogP contribution in [-0.2, 0) is 16.4 Å². The number of nitrogens with one attached hydrogen (secondary N) is 1. The Kier molecular flexibility index (Phi) is 4.57. The summed E-state index contributed by atoms with van der Waals surface area (Å²) < 4.78 is 29.0. The smallest absolute Gasteiger partial charge is 0.197 e. The molecule has 3 aromatic rings. The van der Waals surface area contributed by atoms with E-state index in [1.807, 2.05) is 30.5 Å². The van der Waals surface area contributed by atoms with Crippen LogP contribution in [0.3, 0.4) is 0 Å². The maximum Gasteiger partial charge on any atom is 0.197 e. The molecule has 0 bridgehead atoms. The van der Waals surface area contributed by atoms with Gasteiger partial charge in [0.15, 0.2) is 14.9 Å². The van der Waals surface area contributed by atoms with Gasteiger partial charge in [0.1, 0.15) is 18.1 Å². The zero-order valence-corrected chi connectivity index (χ0v) is 13.8. The molecule has 1 N–H and O–H groups in total. The summed E-state index contributed by atoms with van der Waals surface area (Å²) in [6, 6.07) is 10.6. The van der Waals surface area contributed by atoms with Crippen molar-refractivity contribution in [1.29, 1.82) is 0 Å². The highest BCUT2D eigenvalue weighted by Crippen LogP contribution is 2.20. The zero-order chi connectivity index (χ0) is 17.0. The Morgan fingerprint density at radius 2 is 1.88 bits per heavy atom. The van der Waals surface area contributed by atoms with Gasteiger partial charge in [0.05, 0.1) is 17.8 Å². The zero-order valence-electron chi connectivity index (χ0n) is 13.0. The largest absolute Gasteiger partial charge is 0.487 e. The van der Waals surface area contributed by atoms with Crippen LogP contribution < -0.4 is 4.74 Å². The van der Waals surface area contributed by atoms with Crippen molar-refractivity contribution in [2.24, 2.45) is 0 Å². The third-order valence-corrected chi connectivity index (χ3v) is 5.04. The Labute approximate surface area is 139 Å². The molecule has 2 heterocycles. The lowest BCUT2D eigenvalue weighted by Crippen LogP contribution is -2.09. The molecule has 0 aliphatic heterocycles. The number of aromatic nitrogens is 4. The summed E-state index contributed by atoms with van der Waals surface area (Å²) in [5, 5.41) is 7.63. The van der Waals surface area contributed by atoms with Crippen molar-refractivity contribution < 1.29 is 13.2 Å². The molecule has 0 aliphatic carbocycles. The summed E-state index contributed by atoms with van der Waals surface area (Å²) in [5.41, 5.74) is 2.40. The van der Waals surface area contributed by atoms with E-state index in [1.54, 1.807) is 19.3 Å². The minimum Gasteiger partial charge on any atom is -0.487 e. The molecular formula is C16H16N4O3S. The second kappa shape index (κ2) is 6.79. The third kappa shape index (κ3) is 3.60. The van der Waals surface area contributed by atoms with Crippen LogP contribution in [0, 0.1) is 0 Å². The molecule has 24 heavy (non-hydrogen) atoms. The average molecular weight is 344 g/mol. The van der Waals surface area contributed by atoms with E-state index in [9.17, 15) is 8.42 Å². The lowest BCUT2D eigenvalue weighted by Gasteiger charge is -2.06. The summed E-state index contributed by atoms with van der Waals surface area (Å²) in [6.07, 6.45) is 3.44. The second-order valence-electron chi connectivity index (χ2n) is 5.03. The second-order valence-corrected chi connectivity index (χ2v) is 7.26. The van der Waals surface area contributed by atoms with Crippen molar-refractivity contribution in [3.05, 3.63) is 54.6 Å². The van der Waals surface area contributed by atoms with Crippen molar-refractivity contribution in [2.75, 3.05) is 5.75 Å². The van der Waals surface area contributed by atoms with Crippen molar-refractivity contribution in [2.45, 2.75) is 18.6 Å². The quantitative estimate of drug-likeness (QED) is 0.736. The Hall–Kier alpha value is -2.74. The van der Waals surface area contributed by atoms with Gasteiger partial charge in [-0.25, -0.2) is 13.4 Å². The number of imidazole rings is 1. The number of rotatable bonds is 6. The number of aromatic amines is 1. The Morgan fingerprint density at radius 3 is 2.46 bits per heavy atom. The fourth-order valence-electron chi connectivity index (χ4n) is 2.04. The summed E-state index contributed by atoms with van der Waals surface area (Å²) in [6.45, 7) is 1.78. The van der Waals surface area contributed by atoms with E-state index < -0.39 is 9.84 Å². The van der Waals surface area contributed by atoms with Crippen LogP contribution in [0.4, 0.5) is 0 Å². The Balaban J connectivity index is 1.63. The molecule has 0 saturated carbocycles. The molecular weight excluding hydrogens is 328 g/mol. The van der Waals surface area contributed by atoms with Gasteiger partial charge in [-0.2, -0.15) is 5.10 Å². The predicted molar refractivity (Wildman–Crippen MR) is 88.1 cm³/mol. The van der Waals surface area contributed by atoms with E-state index in [4.69, 9.17) is 4.74 Å². The van der Waals surface area contributed by atoms with Gasteiger partial charge in [-0.05, 0) is 36.4 Å². The highest BCUT2D eigenvalue weighted by atomic mass is 32.2. The summed E-state index contributed by atoms with van der Waals surface area (Å²) in [4.78, 5) is 7.09. The molecule has 0 aliphatic rings. The van der Waals surface area contributed by atoms with E-state index >= 15 is 0 Å². The Morgan fingerprint density at radius 1 is 1.08 bits per heavy atom. The van der Waals surface area contributed by atoms with Gasteiger partial charge in [0.25, 0.3) is 0 Å². The number of benzene rings is 1. The number of nitrogens with zero attached hydrogens (tertiary/aromatic N) is 3. The van der Waals surface area contributed by atoms with Crippen LogP contribution in [-0.4, -0.2) is 34.3 Å². The first-order chi connectivity index (χ1) is 11.6. The molecule has 0 atom stereocenters. The van der Waals surface area contributed by atoms with Crippen LogP contribution >= 0.6 is 0 Å². The number of sulfone groups is 1. The highest BCUT2D eigenvalue weighted by molar-refractivity contribution is 7.91. The first-order valence-corrected chi connectivity index (χ1v) is 9.01. The highest BCUT2D eigenvalue weighted by Gasteiger charge is 2.13. The van der Waals surface area contributed by atoms with Crippen LogP contribution in [0.15, 0.2) is 53.9 Å². The molecule has 0 radical (unpaired) electrons. The van der Waals surface area contributed by atoms with Gasteiger partial charge in [-0.1, -0.05) is 6.92 Å². The van der Waals surface area contributed by atoms with E-state index in [0.717, 1.165) is 11.3 Å². The number of ether oxygens (including phenoxy) is 1. The van der Waals surface area contributed by atoms with Crippen molar-refractivity contribution in [3.8, 4) is 17.0 Å². The van der Waals surface area contributed by atoms with E-state index in [0.29, 0.717) is 11.4 Å². The third-order valence-electron chi connectivity index (χ3n) is 3.43. The van der Waals surface area contributed by atoms with E-state index in [2.05, 4.69) is 20.2 Å². The Bertz CT molecular complexity index is 890. The minimum absolute atomic E-state index is 0.000123. The van der Waals surface area contributed by atoms with Crippen molar-refractivity contribution in [3.63, 3.8) is 0 Å². The van der Waals surface area contributed by atoms with Gasteiger partial charge in [0, 0.05) is 11.8 Å². The number of hydrogen-bond acceptors (Lipinski definition) is 6. The maximum absolute atomic E-state index is 11.7. The predicted octanol–water partition coefficient (Wildman–Crippen LogP) is 2.24. The minimum atomic E-state index is -3.33. The topological polar surface area (TPSA) is 97.8 Å².